The summed E-state index contributed by atoms with van der Waals surface area (Å²) in [5, 5.41) is 10.9. The van der Waals surface area contributed by atoms with E-state index >= 15 is 0 Å². The Hall–Kier alpha value is -3.44. The summed E-state index contributed by atoms with van der Waals surface area (Å²) in [6, 6.07) is 5.97. The van der Waals surface area contributed by atoms with Crippen molar-refractivity contribution < 1.29 is 13.2 Å². The summed E-state index contributed by atoms with van der Waals surface area (Å²) < 4.78 is 22.7. The molecular formula is C19H19N7O3S. The molecule has 0 radical (unpaired) electrons. The predicted octanol–water partition coefficient (Wildman–Crippen LogP) is 1.46. The van der Waals surface area contributed by atoms with E-state index in [1.807, 2.05) is 0 Å². The fourth-order valence-corrected chi connectivity index (χ4v) is 3.31. The van der Waals surface area contributed by atoms with Gasteiger partial charge in [0.05, 0.1) is 34.9 Å². The van der Waals surface area contributed by atoms with Gasteiger partial charge in [0.15, 0.2) is 11.5 Å². The molecule has 0 spiro atoms. The lowest BCUT2D eigenvalue weighted by Gasteiger charge is -2.12. The summed E-state index contributed by atoms with van der Waals surface area (Å²) in [7, 11) is -3.76. The summed E-state index contributed by atoms with van der Waals surface area (Å²) in [6.45, 7) is 0.187. The second kappa shape index (κ2) is 8.13. The molecule has 30 heavy (non-hydrogen) atoms. The van der Waals surface area contributed by atoms with Gasteiger partial charge in [-0.15, -0.1) is 0 Å². The van der Waals surface area contributed by atoms with E-state index in [0.29, 0.717) is 23.0 Å². The quantitative estimate of drug-likeness (QED) is 0.514. The topological polar surface area (TPSA) is 153 Å². The normalized spacial score (nSPS) is 13.6. The molecule has 154 valence electrons. The number of rotatable bonds is 7. The van der Waals surface area contributed by atoms with E-state index in [2.05, 4.69) is 30.6 Å². The van der Waals surface area contributed by atoms with Gasteiger partial charge in [-0.2, -0.15) is 0 Å². The highest BCUT2D eigenvalue weighted by Gasteiger charge is 2.27. The van der Waals surface area contributed by atoms with E-state index in [1.54, 1.807) is 30.7 Å². The van der Waals surface area contributed by atoms with E-state index in [4.69, 9.17) is 5.14 Å². The van der Waals surface area contributed by atoms with Gasteiger partial charge in [-0.05, 0) is 30.5 Å². The molecule has 2 heterocycles. The van der Waals surface area contributed by atoms with Gasteiger partial charge in [-0.3, -0.25) is 4.79 Å². The lowest BCUT2D eigenvalue weighted by molar-refractivity contribution is 0.0946. The van der Waals surface area contributed by atoms with Crippen LogP contribution in [0.15, 0.2) is 54.1 Å². The minimum atomic E-state index is -3.76. The molecule has 4 N–H and O–H groups in total. The molecule has 0 saturated heterocycles. The van der Waals surface area contributed by atoms with Gasteiger partial charge in [-0.1, -0.05) is 12.1 Å². The molecule has 3 aromatic rings. The molecule has 0 aliphatic heterocycles. The van der Waals surface area contributed by atoms with E-state index in [0.717, 1.165) is 18.5 Å². The van der Waals surface area contributed by atoms with Crippen molar-refractivity contribution in [3.8, 4) is 0 Å². The number of carbonyl (C=O) groups is 1. The molecule has 1 aromatic carbocycles. The van der Waals surface area contributed by atoms with Crippen LogP contribution in [0, 0.1) is 0 Å². The minimum absolute atomic E-state index is 0.0112. The van der Waals surface area contributed by atoms with Crippen LogP contribution in [0.2, 0.25) is 0 Å². The second-order valence-electron chi connectivity index (χ2n) is 6.89. The number of hydrogen-bond acceptors (Lipinski definition) is 8. The Morgan fingerprint density at radius 3 is 2.43 bits per heavy atom. The second-order valence-corrected chi connectivity index (χ2v) is 8.45. The average Bonchev–Trinajstić information content (AvgIpc) is 3.58. The fourth-order valence-electron chi connectivity index (χ4n) is 2.79. The molecule has 11 heteroatoms. The number of primary sulfonamides is 1. The van der Waals surface area contributed by atoms with Crippen molar-refractivity contribution in [2.45, 2.75) is 30.2 Å². The molecule has 2 aromatic heterocycles. The van der Waals surface area contributed by atoms with Gasteiger partial charge in [0.1, 0.15) is 6.33 Å². The van der Waals surface area contributed by atoms with Crippen LogP contribution < -0.4 is 15.8 Å². The van der Waals surface area contributed by atoms with Gasteiger partial charge < -0.3 is 10.6 Å². The van der Waals surface area contributed by atoms with Crippen LogP contribution in [-0.2, 0) is 16.6 Å². The van der Waals surface area contributed by atoms with Crippen molar-refractivity contribution in [1.29, 1.82) is 0 Å². The summed E-state index contributed by atoms with van der Waals surface area (Å²) >= 11 is 0. The Morgan fingerprint density at radius 2 is 1.80 bits per heavy atom. The fraction of sp³-hybridized carbons (Fsp3) is 0.211. The largest absolute Gasteiger partial charge is 0.347 e. The maximum atomic E-state index is 12.8. The van der Waals surface area contributed by atoms with E-state index in [-0.39, 0.29) is 17.1 Å². The molecule has 10 nitrogen and oxygen atoms in total. The SMILES string of the molecule is NS(=O)(=O)c1ccc(CNC(=O)c2nc(C3CC3)cnc2Nc2cncnc2)cc1. The first-order valence-corrected chi connectivity index (χ1v) is 10.7. The zero-order valence-corrected chi connectivity index (χ0v) is 16.6. The molecule has 1 fully saturated rings. The van der Waals surface area contributed by atoms with Crippen molar-refractivity contribution in [1.82, 2.24) is 25.3 Å². The monoisotopic (exact) mass is 425 g/mol. The van der Waals surface area contributed by atoms with E-state index in [9.17, 15) is 13.2 Å². The number of hydrogen-bond donors (Lipinski definition) is 3. The Kier molecular flexibility index (Phi) is 5.38. The number of nitrogens with two attached hydrogens (primary N) is 1. The molecule has 0 bridgehead atoms. The van der Waals surface area contributed by atoms with Crippen LogP contribution in [0.25, 0.3) is 0 Å². The van der Waals surface area contributed by atoms with Crippen LogP contribution >= 0.6 is 0 Å². The van der Waals surface area contributed by atoms with Gasteiger partial charge in [0.2, 0.25) is 10.0 Å². The highest BCUT2D eigenvalue weighted by atomic mass is 32.2. The minimum Gasteiger partial charge on any atom is -0.347 e. The first-order chi connectivity index (χ1) is 14.4. The molecule has 1 aliphatic rings. The Balaban J connectivity index is 1.52. The van der Waals surface area contributed by atoms with E-state index in [1.165, 1.54) is 18.5 Å². The smallest absolute Gasteiger partial charge is 0.274 e. The third-order valence-corrected chi connectivity index (χ3v) is 5.46. The molecule has 0 unspecified atom stereocenters. The van der Waals surface area contributed by atoms with E-state index < -0.39 is 15.9 Å². The average molecular weight is 425 g/mol. The third kappa shape index (κ3) is 4.75. The van der Waals surface area contributed by atoms with Crippen molar-refractivity contribution in [3.05, 3.63) is 66.1 Å². The number of nitrogens with zero attached hydrogens (tertiary/aromatic N) is 4. The van der Waals surface area contributed by atoms with Gasteiger partial charge in [0.25, 0.3) is 5.91 Å². The van der Waals surface area contributed by atoms with Crippen LogP contribution in [-0.4, -0.2) is 34.3 Å². The van der Waals surface area contributed by atoms with Crippen molar-refractivity contribution in [2.75, 3.05) is 5.32 Å². The Morgan fingerprint density at radius 1 is 1.10 bits per heavy atom. The molecule has 4 rings (SSSR count). The summed E-state index contributed by atoms with van der Waals surface area (Å²) in [5.74, 6) is 0.236. The molecule has 1 amide bonds. The number of amides is 1. The van der Waals surface area contributed by atoms with Crippen LogP contribution in [0.3, 0.4) is 0 Å². The summed E-state index contributed by atoms with van der Waals surface area (Å²) in [4.78, 5) is 29.6. The van der Waals surface area contributed by atoms with Crippen molar-refractivity contribution in [3.63, 3.8) is 0 Å². The summed E-state index contributed by atoms with van der Waals surface area (Å²) in [5.41, 5.74) is 2.25. The first kappa shape index (κ1) is 19.9. The van der Waals surface area contributed by atoms with Crippen LogP contribution in [0.5, 0.6) is 0 Å². The zero-order valence-electron chi connectivity index (χ0n) is 15.8. The third-order valence-electron chi connectivity index (χ3n) is 4.53. The number of anilines is 2. The van der Waals surface area contributed by atoms with Crippen LogP contribution in [0.4, 0.5) is 11.5 Å². The molecule has 1 saturated carbocycles. The van der Waals surface area contributed by atoms with Gasteiger partial charge in [0, 0.05) is 12.5 Å². The molecule has 0 atom stereocenters. The van der Waals surface area contributed by atoms with Gasteiger partial charge >= 0.3 is 0 Å². The summed E-state index contributed by atoms with van der Waals surface area (Å²) in [6.07, 6.45) is 8.28. The number of nitrogens with one attached hydrogen (secondary N) is 2. The van der Waals surface area contributed by atoms with Crippen molar-refractivity contribution in [2.24, 2.45) is 5.14 Å². The standard InChI is InChI=1S/C19H19N7O3S/c20-30(28,29)15-5-1-12(2-6-15)7-24-19(27)17-18(25-14-8-21-11-22-9-14)23-10-16(26-17)13-3-4-13/h1-2,5-6,8-11,13H,3-4,7H2,(H,23,25)(H,24,27)(H2,20,28,29). The Bertz CT molecular complexity index is 1160. The lowest BCUT2D eigenvalue weighted by atomic mass is 10.2. The Labute approximate surface area is 173 Å². The van der Waals surface area contributed by atoms with Gasteiger partial charge in [-0.25, -0.2) is 33.5 Å². The maximum Gasteiger partial charge on any atom is 0.274 e. The first-order valence-electron chi connectivity index (χ1n) is 9.19. The van der Waals surface area contributed by atoms with Crippen molar-refractivity contribution >= 4 is 27.4 Å². The molecule has 1 aliphatic carbocycles. The number of sulfonamides is 1. The lowest BCUT2D eigenvalue weighted by Crippen LogP contribution is -2.25. The number of benzene rings is 1. The predicted molar refractivity (Wildman–Crippen MR) is 108 cm³/mol. The molecular weight excluding hydrogens is 406 g/mol. The number of carbonyl (C=O) groups excluding carboxylic acids is 1. The van der Waals surface area contributed by atoms with Crippen LogP contribution in [0.1, 0.15) is 40.5 Å². The number of aromatic nitrogens is 4. The maximum absolute atomic E-state index is 12.8. The highest BCUT2D eigenvalue weighted by Crippen LogP contribution is 2.39. The zero-order chi connectivity index (χ0) is 21.1. The highest BCUT2D eigenvalue weighted by molar-refractivity contribution is 7.89.